The zero-order valence-corrected chi connectivity index (χ0v) is 10.7. The summed E-state index contributed by atoms with van der Waals surface area (Å²) in [4.78, 5) is 11.6. The monoisotopic (exact) mass is 227 g/mol. The highest BCUT2D eigenvalue weighted by atomic mass is 16.6. The highest BCUT2D eigenvalue weighted by molar-refractivity contribution is 5.68. The van der Waals surface area contributed by atoms with Gasteiger partial charge in [-0.25, -0.2) is 4.79 Å². The van der Waals surface area contributed by atoms with Crippen LogP contribution in [-0.4, -0.2) is 30.4 Å². The van der Waals surface area contributed by atoms with E-state index in [2.05, 4.69) is 5.32 Å². The molecule has 0 radical (unpaired) electrons. The first-order valence-electron chi connectivity index (χ1n) is 5.54. The average Bonchev–Trinajstić information content (AvgIpc) is 2.78. The Bertz CT molecular complexity index is 283. The number of alkyl carbamates (subject to hydrolysis) is 1. The zero-order valence-electron chi connectivity index (χ0n) is 10.7. The standard InChI is InChI=1S/C12H21NO3/c1-8(2)6-9(10-7-15-10)13-11(14)16-12(3,4)5/h6,9-10H,7H2,1-5H3,(H,13,14)/t9-,10-/m0/s1. The molecule has 0 aliphatic carbocycles. The van der Waals surface area contributed by atoms with Crippen LogP contribution in [0.3, 0.4) is 0 Å². The number of hydrogen-bond acceptors (Lipinski definition) is 3. The van der Waals surface area contributed by atoms with Crippen LogP contribution in [0.15, 0.2) is 11.6 Å². The number of ether oxygens (including phenoxy) is 2. The number of allylic oxidation sites excluding steroid dienone is 1. The molecular weight excluding hydrogens is 206 g/mol. The second kappa shape index (κ2) is 4.87. The van der Waals surface area contributed by atoms with Gasteiger partial charge in [0.1, 0.15) is 11.7 Å². The van der Waals surface area contributed by atoms with E-state index in [4.69, 9.17) is 9.47 Å². The predicted molar refractivity (Wildman–Crippen MR) is 62.3 cm³/mol. The van der Waals surface area contributed by atoms with Crippen LogP contribution in [0.2, 0.25) is 0 Å². The minimum atomic E-state index is -0.468. The Morgan fingerprint density at radius 2 is 2.06 bits per heavy atom. The topological polar surface area (TPSA) is 50.9 Å². The van der Waals surface area contributed by atoms with Crippen molar-refractivity contribution in [1.82, 2.24) is 5.32 Å². The van der Waals surface area contributed by atoms with Gasteiger partial charge in [0.2, 0.25) is 0 Å². The summed E-state index contributed by atoms with van der Waals surface area (Å²) in [5.41, 5.74) is 0.681. The Labute approximate surface area is 97.0 Å². The molecule has 0 spiro atoms. The number of carbonyl (C=O) groups excluding carboxylic acids is 1. The number of nitrogens with one attached hydrogen (secondary N) is 1. The number of hydrogen-bond donors (Lipinski definition) is 1. The lowest BCUT2D eigenvalue weighted by atomic mass is 10.1. The maximum Gasteiger partial charge on any atom is 0.408 e. The smallest absolute Gasteiger partial charge is 0.408 e. The molecule has 1 N–H and O–H groups in total. The largest absolute Gasteiger partial charge is 0.444 e. The van der Waals surface area contributed by atoms with Gasteiger partial charge in [0.25, 0.3) is 0 Å². The molecule has 0 unspecified atom stereocenters. The Kier molecular flexibility index (Phi) is 3.97. The van der Waals surface area contributed by atoms with Gasteiger partial charge >= 0.3 is 6.09 Å². The Morgan fingerprint density at radius 1 is 1.50 bits per heavy atom. The fourth-order valence-corrected chi connectivity index (χ4v) is 1.31. The van der Waals surface area contributed by atoms with Crippen LogP contribution in [-0.2, 0) is 9.47 Å². The van der Waals surface area contributed by atoms with Crippen molar-refractivity contribution < 1.29 is 14.3 Å². The molecule has 2 atom stereocenters. The minimum absolute atomic E-state index is 0.0835. The van der Waals surface area contributed by atoms with E-state index >= 15 is 0 Å². The van der Waals surface area contributed by atoms with Gasteiger partial charge in [0.15, 0.2) is 0 Å². The molecule has 16 heavy (non-hydrogen) atoms. The summed E-state index contributed by atoms with van der Waals surface area (Å²) >= 11 is 0. The molecule has 0 bridgehead atoms. The third-order valence-electron chi connectivity index (χ3n) is 1.96. The van der Waals surface area contributed by atoms with Crippen molar-refractivity contribution in [3.05, 3.63) is 11.6 Å². The first-order valence-corrected chi connectivity index (χ1v) is 5.54. The second-order valence-electron chi connectivity index (χ2n) is 5.29. The van der Waals surface area contributed by atoms with Crippen molar-refractivity contribution in [2.75, 3.05) is 6.61 Å². The molecule has 0 aromatic carbocycles. The van der Waals surface area contributed by atoms with E-state index in [1.165, 1.54) is 0 Å². The van der Waals surface area contributed by atoms with Crippen molar-refractivity contribution in [2.45, 2.75) is 52.4 Å². The summed E-state index contributed by atoms with van der Waals surface area (Å²) in [6.07, 6.45) is 1.69. The van der Waals surface area contributed by atoms with Crippen LogP contribution in [0.25, 0.3) is 0 Å². The van der Waals surface area contributed by atoms with Crippen LogP contribution >= 0.6 is 0 Å². The van der Waals surface area contributed by atoms with E-state index in [0.29, 0.717) is 6.61 Å². The van der Waals surface area contributed by atoms with E-state index in [1.807, 2.05) is 40.7 Å². The highest BCUT2D eigenvalue weighted by Crippen LogP contribution is 2.17. The highest BCUT2D eigenvalue weighted by Gasteiger charge is 2.33. The number of amides is 1. The van der Waals surface area contributed by atoms with Gasteiger partial charge in [-0.2, -0.15) is 0 Å². The molecule has 1 rings (SSSR count). The van der Waals surface area contributed by atoms with Crippen LogP contribution in [0.1, 0.15) is 34.6 Å². The first kappa shape index (κ1) is 13.0. The van der Waals surface area contributed by atoms with Crippen molar-refractivity contribution in [1.29, 1.82) is 0 Å². The minimum Gasteiger partial charge on any atom is -0.444 e. The summed E-state index contributed by atoms with van der Waals surface area (Å²) in [5, 5.41) is 2.80. The Balaban J connectivity index is 2.49. The molecule has 1 heterocycles. The molecule has 1 aliphatic rings. The van der Waals surface area contributed by atoms with Gasteiger partial charge < -0.3 is 14.8 Å². The van der Waals surface area contributed by atoms with Crippen LogP contribution in [0.5, 0.6) is 0 Å². The second-order valence-corrected chi connectivity index (χ2v) is 5.29. The normalized spacial score (nSPS) is 20.9. The number of epoxide rings is 1. The van der Waals surface area contributed by atoms with E-state index in [0.717, 1.165) is 5.57 Å². The van der Waals surface area contributed by atoms with E-state index in [9.17, 15) is 4.79 Å². The van der Waals surface area contributed by atoms with Gasteiger partial charge in [0.05, 0.1) is 12.6 Å². The molecule has 4 heteroatoms. The molecule has 0 saturated carbocycles. The third-order valence-corrected chi connectivity index (χ3v) is 1.96. The molecule has 0 aromatic rings. The number of carbonyl (C=O) groups is 1. The van der Waals surface area contributed by atoms with Crippen LogP contribution in [0.4, 0.5) is 4.79 Å². The SMILES string of the molecule is CC(C)=C[C@H](NC(=O)OC(C)(C)C)[C@@H]1CO1. The van der Waals surface area contributed by atoms with Crippen LogP contribution in [0, 0.1) is 0 Å². The van der Waals surface area contributed by atoms with E-state index in [1.54, 1.807) is 0 Å². The van der Waals surface area contributed by atoms with Gasteiger partial charge in [-0.3, -0.25) is 0 Å². The first-order chi connectivity index (χ1) is 7.28. The Morgan fingerprint density at radius 3 is 2.44 bits per heavy atom. The number of rotatable bonds is 3. The van der Waals surface area contributed by atoms with Crippen molar-refractivity contribution >= 4 is 6.09 Å². The Hall–Kier alpha value is -1.03. The van der Waals surface area contributed by atoms with Crippen molar-refractivity contribution in [3.8, 4) is 0 Å². The van der Waals surface area contributed by atoms with Crippen molar-refractivity contribution in [3.63, 3.8) is 0 Å². The van der Waals surface area contributed by atoms with Gasteiger partial charge in [-0.05, 0) is 34.6 Å². The van der Waals surface area contributed by atoms with Crippen LogP contribution < -0.4 is 5.32 Å². The quantitative estimate of drug-likeness (QED) is 0.594. The van der Waals surface area contributed by atoms with E-state index in [-0.39, 0.29) is 12.1 Å². The third kappa shape index (κ3) is 5.16. The molecule has 1 amide bonds. The summed E-state index contributed by atoms with van der Waals surface area (Å²) in [5.74, 6) is 0. The molecule has 0 aromatic heterocycles. The molecule has 4 nitrogen and oxygen atoms in total. The molecule has 1 aliphatic heterocycles. The van der Waals surface area contributed by atoms with Crippen molar-refractivity contribution in [2.24, 2.45) is 0 Å². The fourth-order valence-electron chi connectivity index (χ4n) is 1.31. The maximum atomic E-state index is 11.6. The molecule has 92 valence electrons. The summed E-state index contributed by atoms with van der Waals surface area (Å²) in [7, 11) is 0. The lowest BCUT2D eigenvalue weighted by Crippen LogP contribution is -2.41. The summed E-state index contributed by atoms with van der Waals surface area (Å²) in [6, 6.07) is -0.0835. The maximum absolute atomic E-state index is 11.6. The summed E-state index contributed by atoms with van der Waals surface area (Å²) < 4.78 is 10.4. The molecule has 1 fully saturated rings. The molecular formula is C12H21NO3. The van der Waals surface area contributed by atoms with Gasteiger partial charge in [0, 0.05) is 0 Å². The molecule has 1 saturated heterocycles. The lowest BCUT2D eigenvalue weighted by Gasteiger charge is -2.21. The fraction of sp³-hybridized carbons (Fsp3) is 0.750. The van der Waals surface area contributed by atoms with E-state index < -0.39 is 11.7 Å². The summed E-state index contributed by atoms with van der Waals surface area (Å²) in [6.45, 7) is 10.2. The predicted octanol–water partition coefficient (Wildman–Crippen LogP) is 2.24. The average molecular weight is 227 g/mol. The van der Waals surface area contributed by atoms with Gasteiger partial charge in [-0.1, -0.05) is 11.6 Å². The van der Waals surface area contributed by atoms with Gasteiger partial charge in [-0.15, -0.1) is 0 Å². The lowest BCUT2D eigenvalue weighted by molar-refractivity contribution is 0.0507. The zero-order chi connectivity index (χ0) is 12.3.